The highest BCUT2D eigenvalue weighted by Crippen LogP contribution is 2.43. The van der Waals surface area contributed by atoms with Crippen molar-refractivity contribution in [2.75, 3.05) is 39.4 Å². The maximum atomic E-state index is 15.6. The predicted molar refractivity (Wildman–Crippen MR) is 157 cm³/mol. The van der Waals surface area contributed by atoms with E-state index in [1.165, 1.54) is 31.3 Å². The van der Waals surface area contributed by atoms with Crippen LogP contribution in [0.4, 0.5) is 13.2 Å². The number of halogens is 3. The lowest BCUT2D eigenvalue weighted by Crippen LogP contribution is -2.47. The summed E-state index contributed by atoms with van der Waals surface area (Å²) in [5.41, 5.74) is -0.179. The molecule has 0 saturated carbocycles. The number of aromatic nitrogens is 1. The largest absolute Gasteiger partial charge is 0.479 e. The first-order valence-electron chi connectivity index (χ1n) is 14.5. The molecule has 10 nitrogen and oxygen atoms in total. The van der Waals surface area contributed by atoms with Crippen LogP contribution in [-0.4, -0.2) is 101 Å². The zero-order valence-electron chi connectivity index (χ0n) is 25.0. The van der Waals surface area contributed by atoms with Gasteiger partial charge in [0.25, 0.3) is 5.92 Å². The van der Waals surface area contributed by atoms with Gasteiger partial charge in [0.2, 0.25) is 0 Å². The predicted octanol–water partition coefficient (Wildman–Crippen LogP) is 3.77. The van der Waals surface area contributed by atoms with Gasteiger partial charge in [-0.05, 0) is 51.3 Å². The van der Waals surface area contributed by atoms with Gasteiger partial charge in [-0.25, -0.2) is 27.7 Å². The van der Waals surface area contributed by atoms with E-state index in [-0.39, 0.29) is 31.9 Å². The van der Waals surface area contributed by atoms with Gasteiger partial charge in [-0.3, -0.25) is 14.8 Å². The summed E-state index contributed by atoms with van der Waals surface area (Å²) in [6, 6.07) is 1.96. The molecule has 0 aliphatic carbocycles. The van der Waals surface area contributed by atoms with Crippen molar-refractivity contribution < 1.29 is 37.3 Å². The van der Waals surface area contributed by atoms with E-state index in [1.807, 2.05) is 0 Å². The number of amidine groups is 1. The van der Waals surface area contributed by atoms with Crippen molar-refractivity contribution in [3.63, 3.8) is 0 Å². The minimum absolute atomic E-state index is 0.0133. The maximum absolute atomic E-state index is 15.6. The smallest absolute Gasteiger partial charge is 0.338 e. The second kappa shape index (κ2) is 12.6. The van der Waals surface area contributed by atoms with Crippen molar-refractivity contribution in [2.24, 2.45) is 4.99 Å². The fourth-order valence-corrected chi connectivity index (χ4v) is 6.71. The molecule has 2 fully saturated rings. The molecule has 1 aromatic carbocycles. The molecule has 14 heteroatoms. The van der Waals surface area contributed by atoms with Crippen molar-refractivity contribution in [1.29, 1.82) is 0 Å². The second-order valence-corrected chi connectivity index (χ2v) is 12.5. The van der Waals surface area contributed by atoms with Gasteiger partial charge >= 0.3 is 11.9 Å². The zero-order chi connectivity index (χ0) is 31.8. The highest BCUT2D eigenvalue weighted by atomic mass is 32.1. The number of benzene rings is 1. The van der Waals surface area contributed by atoms with Crippen LogP contribution in [0.25, 0.3) is 0 Å². The van der Waals surface area contributed by atoms with Crippen LogP contribution < -0.4 is 5.32 Å². The quantitative estimate of drug-likeness (QED) is 0.356. The molecule has 0 spiro atoms. The van der Waals surface area contributed by atoms with Crippen molar-refractivity contribution in [3.8, 4) is 0 Å². The standard InChI is InChI=1S/C30H36F3N5O5S/c1-5-42-27(39)22-20(35-25(26-34-10-14-44-26)36-23(22)18-7-6-8-19(31)17(18)2)15-38-16-30(32,33)24-21(38)9-11-37(24)12-13-43-29(3,4)28(40)41/h6-8,10,14,21,23-24H,5,9,11-13,15-16H2,1-4H3,(H,35,36)(H,40,41). The molecular weight excluding hydrogens is 599 g/mol. The number of likely N-dealkylation sites (tertiary alicyclic amines) is 2. The van der Waals surface area contributed by atoms with Crippen LogP contribution in [0.2, 0.25) is 0 Å². The molecule has 0 amide bonds. The van der Waals surface area contributed by atoms with E-state index in [4.69, 9.17) is 14.5 Å². The molecule has 4 heterocycles. The van der Waals surface area contributed by atoms with Crippen molar-refractivity contribution in [3.05, 3.63) is 63.0 Å². The van der Waals surface area contributed by atoms with Gasteiger partial charge in [0.05, 0.1) is 31.4 Å². The first-order valence-corrected chi connectivity index (χ1v) is 15.3. The molecule has 1 aromatic heterocycles. The van der Waals surface area contributed by atoms with Crippen LogP contribution in [0.5, 0.6) is 0 Å². The summed E-state index contributed by atoms with van der Waals surface area (Å²) in [6.45, 7) is 6.13. The second-order valence-electron chi connectivity index (χ2n) is 11.6. The molecular formula is C30H36F3N5O5S. The number of carbonyl (C=O) groups excluding carboxylic acids is 1. The van der Waals surface area contributed by atoms with Gasteiger partial charge in [-0.1, -0.05) is 12.1 Å². The summed E-state index contributed by atoms with van der Waals surface area (Å²) in [6.07, 6.45) is 2.06. The third kappa shape index (κ3) is 6.25. The number of nitrogens with one attached hydrogen (secondary N) is 1. The molecule has 2 aromatic rings. The van der Waals surface area contributed by atoms with Gasteiger partial charge in [0.15, 0.2) is 16.4 Å². The minimum Gasteiger partial charge on any atom is -0.479 e. The Hall–Kier alpha value is -3.33. The molecule has 0 radical (unpaired) electrons. The number of carbonyl (C=O) groups is 2. The molecule has 2 saturated heterocycles. The fraction of sp³-hybridized carbons (Fsp3) is 0.533. The Balaban J connectivity index is 1.47. The van der Waals surface area contributed by atoms with E-state index in [2.05, 4.69) is 10.3 Å². The van der Waals surface area contributed by atoms with E-state index >= 15 is 8.78 Å². The van der Waals surface area contributed by atoms with Crippen molar-refractivity contribution >= 4 is 29.1 Å². The third-order valence-corrected chi connectivity index (χ3v) is 9.14. The highest BCUT2D eigenvalue weighted by Gasteiger charge is 2.59. The Morgan fingerprint density at radius 2 is 2.05 bits per heavy atom. The average Bonchev–Trinajstić information content (AvgIpc) is 3.69. The number of aliphatic carboxylic acids is 1. The number of fused-ring (bicyclic) bond motifs is 1. The Morgan fingerprint density at radius 3 is 2.73 bits per heavy atom. The fourth-order valence-electron chi connectivity index (χ4n) is 6.12. The van der Waals surface area contributed by atoms with Gasteiger partial charge in [-0.15, -0.1) is 11.3 Å². The van der Waals surface area contributed by atoms with Gasteiger partial charge in [0.1, 0.15) is 11.9 Å². The Morgan fingerprint density at radius 1 is 1.27 bits per heavy atom. The first-order chi connectivity index (χ1) is 20.8. The summed E-state index contributed by atoms with van der Waals surface area (Å²) < 4.78 is 56.9. The van der Waals surface area contributed by atoms with E-state index in [0.717, 1.165) is 0 Å². The molecule has 5 rings (SSSR count). The van der Waals surface area contributed by atoms with E-state index in [9.17, 15) is 19.1 Å². The number of carboxylic acids is 1. The number of hydrogen-bond donors (Lipinski definition) is 2. The highest BCUT2D eigenvalue weighted by molar-refractivity contribution is 7.11. The number of alkyl halides is 2. The molecule has 44 heavy (non-hydrogen) atoms. The zero-order valence-corrected chi connectivity index (χ0v) is 25.8. The lowest BCUT2D eigenvalue weighted by atomic mass is 9.92. The van der Waals surface area contributed by atoms with Gasteiger partial charge in [-0.2, -0.15) is 0 Å². The van der Waals surface area contributed by atoms with E-state index < -0.39 is 53.9 Å². The van der Waals surface area contributed by atoms with Crippen LogP contribution in [0, 0.1) is 12.7 Å². The number of nitrogens with zero attached hydrogens (tertiary/aromatic N) is 4. The summed E-state index contributed by atoms with van der Waals surface area (Å²) in [5, 5.41) is 14.8. The molecule has 3 atom stereocenters. The lowest BCUT2D eigenvalue weighted by Gasteiger charge is -2.31. The molecule has 0 bridgehead atoms. The summed E-state index contributed by atoms with van der Waals surface area (Å²) in [5.74, 6) is -4.98. The van der Waals surface area contributed by atoms with Crippen LogP contribution in [0.15, 0.2) is 46.0 Å². The Kier molecular flexibility index (Phi) is 9.17. The third-order valence-electron chi connectivity index (χ3n) is 8.36. The van der Waals surface area contributed by atoms with Crippen molar-refractivity contribution in [1.82, 2.24) is 20.1 Å². The summed E-state index contributed by atoms with van der Waals surface area (Å²) >= 11 is 1.32. The Labute approximate surface area is 257 Å². The number of ether oxygens (including phenoxy) is 2. The van der Waals surface area contributed by atoms with Gasteiger partial charge < -0.3 is 19.9 Å². The minimum atomic E-state index is -3.08. The molecule has 3 unspecified atom stereocenters. The monoisotopic (exact) mass is 635 g/mol. The van der Waals surface area contributed by atoms with Crippen LogP contribution in [0.1, 0.15) is 49.4 Å². The van der Waals surface area contributed by atoms with Crippen LogP contribution in [0.3, 0.4) is 0 Å². The molecule has 3 aliphatic rings. The summed E-state index contributed by atoms with van der Waals surface area (Å²) in [4.78, 5) is 37.3. The maximum Gasteiger partial charge on any atom is 0.338 e. The van der Waals surface area contributed by atoms with Crippen molar-refractivity contribution in [2.45, 2.75) is 63.8 Å². The topological polar surface area (TPSA) is 117 Å². The average molecular weight is 636 g/mol. The normalized spacial score (nSPS) is 23.8. The molecule has 3 aliphatic heterocycles. The van der Waals surface area contributed by atoms with E-state index in [0.29, 0.717) is 40.6 Å². The molecule has 2 N–H and O–H groups in total. The van der Waals surface area contributed by atoms with E-state index in [1.54, 1.807) is 47.4 Å². The number of aliphatic imine (C=N–C) groups is 1. The number of thiazole rings is 1. The number of esters is 1. The van der Waals surface area contributed by atoms with Crippen LogP contribution >= 0.6 is 11.3 Å². The number of carboxylic acid groups (broad SMARTS) is 1. The van der Waals surface area contributed by atoms with Gasteiger partial charge in [0, 0.05) is 43.0 Å². The lowest BCUT2D eigenvalue weighted by molar-refractivity contribution is -0.162. The molecule has 238 valence electrons. The summed E-state index contributed by atoms with van der Waals surface area (Å²) in [7, 11) is 0. The Bertz CT molecular complexity index is 1460. The first kappa shape index (κ1) is 32.1. The number of hydrogen-bond acceptors (Lipinski definition) is 10. The number of rotatable bonds is 11. The van der Waals surface area contributed by atoms with Crippen LogP contribution in [-0.2, 0) is 19.1 Å². The SMILES string of the molecule is CCOC(=O)C1=C(CN2CC(F)(F)C3C2CCN3CCOC(C)(C)C(=O)O)NC(c2nccs2)=NC1c1cccc(F)c1C.